The molecule has 0 saturated carbocycles. The molecule has 0 bridgehead atoms. The van der Waals surface area contributed by atoms with E-state index in [4.69, 9.17) is 9.47 Å². The first-order chi connectivity index (χ1) is 16.2. The molecule has 1 aromatic heterocycles. The van der Waals surface area contributed by atoms with Crippen molar-refractivity contribution in [2.24, 2.45) is 0 Å². The first-order valence-electron chi connectivity index (χ1n) is 11.9. The largest absolute Gasteiger partial charge is 0.462 e. The molecule has 3 heterocycles. The summed E-state index contributed by atoms with van der Waals surface area (Å²) in [6.45, 7) is 6.96. The lowest BCUT2D eigenvalue weighted by molar-refractivity contribution is -0.137. The van der Waals surface area contributed by atoms with Crippen molar-refractivity contribution in [2.45, 2.75) is 51.2 Å². The smallest absolute Gasteiger partial charge is 0.341 e. The fraction of sp³-hybridized carbons (Fsp3) is 0.625. The first kappa shape index (κ1) is 24.4. The normalized spacial score (nSPS) is 19.5. The van der Waals surface area contributed by atoms with E-state index in [0.29, 0.717) is 56.6 Å². The van der Waals surface area contributed by atoms with Gasteiger partial charge in [0.2, 0.25) is 5.91 Å². The molecule has 0 radical (unpaired) electrons. The van der Waals surface area contributed by atoms with Crippen molar-refractivity contribution in [1.29, 1.82) is 0 Å². The number of imidazole rings is 1. The number of rotatable bonds is 6. The number of carbonyl (C=O) groups is 2. The van der Waals surface area contributed by atoms with Crippen molar-refractivity contribution in [3.63, 3.8) is 0 Å². The zero-order valence-electron chi connectivity index (χ0n) is 20.1. The second-order valence-corrected chi connectivity index (χ2v) is 9.41. The van der Waals surface area contributed by atoms with E-state index in [1.165, 1.54) is 12.1 Å². The van der Waals surface area contributed by atoms with E-state index < -0.39 is 11.8 Å². The zero-order chi connectivity index (χ0) is 24.5. The summed E-state index contributed by atoms with van der Waals surface area (Å²) >= 11 is 0. The Morgan fingerprint density at radius 1 is 1.18 bits per heavy atom. The van der Waals surface area contributed by atoms with Gasteiger partial charge in [0.1, 0.15) is 5.82 Å². The second-order valence-electron chi connectivity index (χ2n) is 9.41. The maximum atomic E-state index is 14.6. The van der Waals surface area contributed by atoms with Crippen LogP contribution in [0.3, 0.4) is 0 Å². The topological polar surface area (TPSA) is 96.9 Å². The van der Waals surface area contributed by atoms with Crippen LogP contribution in [0.4, 0.5) is 4.39 Å². The number of benzene rings is 1. The summed E-state index contributed by atoms with van der Waals surface area (Å²) in [6.07, 6.45) is 3.00. The van der Waals surface area contributed by atoms with Gasteiger partial charge in [0.25, 0.3) is 0 Å². The minimum absolute atomic E-state index is 0.113. The number of H-pyrrole nitrogens is 1. The van der Waals surface area contributed by atoms with Crippen molar-refractivity contribution in [2.75, 3.05) is 46.4 Å². The summed E-state index contributed by atoms with van der Waals surface area (Å²) in [6, 6.07) is 2.44. The van der Waals surface area contributed by atoms with Gasteiger partial charge in [-0.05, 0) is 45.6 Å². The number of methoxy groups -OCH3 is 1. The molecule has 186 valence electrons. The van der Waals surface area contributed by atoms with E-state index in [1.54, 1.807) is 18.6 Å². The van der Waals surface area contributed by atoms with Gasteiger partial charge < -0.3 is 19.4 Å². The van der Waals surface area contributed by atoms with Crippen molar-refractivity contribution in [3.8, 4) is 0 Å². The Morgan fingerprint density at radius 2 is 1.85 bits per heavy atom. The van der Waals surface area contributed by atoms with E-state index in [-0.39, 0.29) is 35.4 Å². The molecule has 1 N–H and O–H groups in total. The summed E-state index contributed by atoms with van der Waals surface area (Å²) in [5.41, 5.74) is 0.150. The van der Waals surface area contributed by atoms with Gasteiger partial charge in [0.15, 0.2) is 0 Å². The Labute approximate surface area is 197 Å². The van der Waals surface area contributed by atoms with E-state index in [9.17, 15) is 18.8 Å². The summed E-state index contributed by atoms with van der Waals surface area (Å²) in [4.78, 5) is 44.2. The Hall–Kier alpha value is -2.72. The number of carbonyl (C=O) groups excluding carboxylic acids is 2. The molecule has 1 aromatic carbocycles. The van der Waals surface area contributed by atoms with Crippen molar-refractivity contribution < 1.29 is 23.5 Å². The molecule has 2 fully saturated rings. The lowest BCUT2D eigenvalue weighted by atomic mass is 9.93. The fourth-order valence-corrected chi connectivity index (χ4v) is 4.93. The number of piperidine rings is 2. The summed E-state index contributed by atoms with van der Waals surface area (Å²) in [5.74, 6) is -1.35. The van der Waals surface area contributed by atoms with Gasteiger partial charge in [-0.15, -0.1) is 0 Å². The van der Waals surface area contributed by atoms with Crippen LogP contribution in [0.25, 0.3) is 11.0 Å². The molecule has 2 aromatic rings. The molecular formula is C24H33FN4O5. The predicted octanol–water partition coefficient (Wildman–Crippen LogP) is 2.31. The number of nitrogens with zero attached hydrogens (tertiary/aromatic N) is 3. The minimum Gasteiger partial charge on any atom is -0.462 e. The maximum Gasteiger partial charge on any atom is 0.341 e. The van der Waals surface area contributed by atoms with Gasteiger partial charge >= 0.3 is 11.7 Å². The standard InChI is InChI=1S/C24H33FN4O5/c1-4-34-22(31)17-13-19-20(14-18(17)25)29(23(32)26-19)16-5-9-27(10-6-16)15-21(30)28-11-7-24(2,33-3)8-12-28/h13-14,16H,4-12,15H2,1-3H3,(H,26,32). The van der Waals surface area contributed by atoms with Crippen LogP contribution in [0.2, 0.25) is 0 Å². The highest BCUT2D eigenvalue weighted by Crippen LogP contribution is 2.28. The SMILES string of the molecule is CCOC(=O)c1cc2[nH]c(=O)n(C3CCN(CC(=O)N4CCC(C)(OC)CC4)CC3)c2cc1F. The highest BCUT2D eigenvalue weighted by molar-refractivity contribution is 5.94. The molecule has 4 rings (SSSR count). The average Bonchev–Trinajstić information content (AvgIpc) is 3.14. The van der Waals surface area contributed by atoms with Crippen LogP contribution < -0.4 is 5.69 Å². The van der Waals surface area contributed by atoms with Gasteiger partial charge in [-0.1, -0.05) is 0 Å². The molecule has 9 nitrogen and oxygen atoms in total. The van der Waals surface area contributed by atoms with Gasteiger partial charge in [0, 0.05) is 45.4 Å². The lowest BCUT2D eigenvalue weighted by Crippen LogP contribution is -2.50. The molecule has 0 spiro atoms. The highest BCUT2D eigenvalue weighted by atomic mass is 19.1. The third-order valence-corrected chi connectivity index (χ3v) is 7.25. The molecule has 2 aliphatic rings. The third-order valence-electron chi connectivity index (χ3n) is 7.25. The highest BCUT2D eigenvalue weighted by Gasteiger charge is 2.33. The van der Waals surface area contributed by atoms with Gasteiger partial charge in [-0.3, -0.25) is 14.3 Å². The number of esters is 1. The molecule has 0 unspecified atom stereocenters. The maximum absolute atomic E-state index is 14.6. The number of halogens is 1. The van der Waals surface area contributed by atoms with Crippen LogP contribution in [0.5, 0.6) is 0 Å². The molecule has 10 heteroatoms. The van der Waals surface area contributed by atoms with Crippen LogP contribution in [0.1, 0.15) is 55.9 Å². The fourth-order valence-electron chi connectivity index (χ4n) is 4.93. The van der Waals surface area contributed by atoms with Gasteiger partial charge in [-0.2, -0.15) is 0 Å². The molecule has 1 amide bonds. The number of ether oxygens (including phenoxy) is 2. The Morgan fingerprint density at radius 3 is 2.47 bits per heavy atom. The number of amides is 1. The second kappa shape index (κ2) is 9.87. The Bertz CT molecular complexity index is 1110. The van der Waals surface area contributed by atoms with Crippen molar-refractivity contribution in [3.05, 3.63) is 34.0 Å². The number of hydrogen-bond donors (Lipinski definition) is 1. The number of aromatic nitrogens is 2. The van der Waals surface area contributed by atoms with Crippen LogP contribution in [0, 0.1) is 5.82 Å². The summed E-state index contributed by atoms with van der Waals surface area (Å²) in [7, 11) is 1.72. The van der Waals surface area contributed by atoms with Gasteiger partial charge in [-0.25, -0.2) is 14.0 Å². The Kier molecular flexibility index (Phi) is 7.09. The number of fused-ring (bicyclic) bond motifs is 1. The lowest BCUT2D eigenvalue weighted by Gasteiger charge is -2.39. The van der Waals surface area contributed by atoms with Crippen molar-refractivity contribution in [1.82, 2.24) is 19.4 Å². The third kappa shape index (κ3) is 4.88. The molecule has 34 heavy (non-hydrogen) atoms. The van der Waals surface area contributed by atoms with Crippen molar-refractivity contribution >= 4 is 22.9 Å². The molecule has 2 saturated heterocycles. The van der Waals surface area contributed by atoms with E-state index >= 15 is 0 Å². The zero-order valence-corrected chi connectivity index (χ0v) is 20.1. The number of likely N-dealkylation sites (tertiary alicyclic amines) is 2. The van der Waals surface area contributed by atoms with Crippen LogP contribution in [-0.4, -0.2) is 83.3 Å². The summed E-state index contributed by atoms with van der Waals surface area (Å²) < 4.78 is 26.6. The molecular weight excluding hydrogens is 443 g/mol. The van der Waals surface area contributed by atoms with Crippen LogP contribution in [0.15, 0.2) is 16.9 Å². The number of nitrogens with one attached hydrogen (secondary N) is 1. The van der Waals surface area contributed by atoms with Gasteiger partial charge in [0.05, 0.1) is 35.3 Å². The van der Waals surface area contributed by atoms with E-state index in [0.717, 1.165) is 12.8 Å². The van der Waals surface area contributed by atoms with Crippen LogP contribution >= 0.6 is 0 Å². The molecule has 2 aliphatic heterocycles. The monoisotopic (exact) mass is 476 g/mol. The Balaban J connectivity index is 1.39. The molecule has 0 aliphatic carbocycles. The summed E-state index contributed by atoms with van der Waals surface area (Å²) in [5, 5.41) is 0. The average molecular weight is 477 g/mol. The minimum atomic E-state index is -0.756. The predicted molar refractivity (Wildman–Crippen MR) is 124 cm³/mol. The number of hydrogen-bond acceptors (Lipinski definition) is 6. The van der Waals surface area contributed by atoms with E-state index in [2.05, 4.69) is 16.8 Å². The van der Waals surface area contributed by atoms with E-state index in [1.807, 2.05) is 4.90 Å². The molecule has 0 atom stereocenters. The van der Waals surface area contributed by atoms with Crippen LogP contribution in [-0.2, 0) is 14.3 Å². The quantitative estimate of drug-likeness (QED) is 0.643. The first-order valence-corrected chi connectivity index (χ1v) is 11.9. The number of aromatic amines is 1.